The van der Waals surface area contributed by atoms with Gasteiger partial charge in [-0.05, 0) is 53.8 Å². The number of halogens is 1. The van der Waals surface area contributed by atoms with Gasteiger partial charge in [0.25, 0.3) is 10.0 Å². The average molecular weight is 424 g/mol. The molecule has 0 amide bonds. The molecule has 27 heavy (non-hydrogen) atoms. The molecule has 1 aromatic heterocycles. The minimum absolute atomic E-state index is 0.140. The highest BCUT2D eigenvalue weighted by atomic mass is 35.5. The first-order valence-electron chi connectivity index (χ1n) is 8.06. The van der Waals surface area contributed by atoms with Crippen LogP contribution in [0.15, 0.2) is 46.7 Å². The minimum Gasteiger partial charge on any atom is -0.465 e. The van der Waals surface area contributed by atoms with E-state index in [2.05, 4.69) is 0 Å². The third-order valence-electron chi connectivity index (χ3n) is 4.25. The fourth-order valence-electron chi connectivity index (χ4n) is 2.81. The third kappa shape index (κ3) is 3.87. The fourth-order valence-corrected chi connectivity index (χ4v) is 6.08. The second-order valence-corrected chi connectivity index (χ2v) is 9.84. The Morgan fingerprint density at radius 2 is 1.96 bits per heavy atom. The van der Waals surface area contributed by atoms with Gasteiger partial charge in [0.1, 0.15) is 4.21 Å². The minimum atomic E-state index is -3.69. The van der Waals surface area contributed by atoms with E-state index in [1.54, 1.807) is 43.3 Å². The van der Waals surface area contributed by atoms with Crippen molar-refractivity contribution in [1.29, 1.82) is 0 Å². The van der Waals surface area contributed by atoms with Crippen LogP contribution in [0.5, 0.6) is 0 Å². The Morgan fingerprint density at radius 3 is 2.67 bits per heavy atom. The predicted octanol–water partition coefficient (Wildman–Crippen LogP) is 4.47. The zero-order valence-electron chi connectivity index (χ0n) is 15.0. The van der Waals surface area contributed by atoms with Gasteiger partial charge in [-0.1, -0.05) is 23.7 Å². The molecule has 0 spiro atoms. The molecule has 0 aliphatic carbocycles. The number of carbonyl (C=O) groups excluding carboxylic acids is 1. The van der Waals surface area contributed by atoms with Gasteiger partial charge in [-0.25, -0.2) is 13.2 Å². The number of hydrogen-bond donors (Lipinski definition) is 0. The molecule has 142 valence electrons. The first-order valence-corrected chi connectivity index (χ1v) is 10.7. The molecule has 0 bridgehead atoms. The standard InChI is InChI=1S/C19H18ClNO4S2/c1-12-16-10-15(20)7-8-17(16)26-19(12)27(23,24)21(2)11-13-5-4-6-14(9-13)18(22)25-3/h4-10H,11H2,1-3H3. The molecule has 1 heterocycles. The number of fused-ring (bicyclic) bond motifs is 1. The van der Waals surface area contributed by atoms with Crippen molar-refractivity contribution < 1.29 is 17.9 Å². The van der Waals surface area contributed by atoms with Crippen LogP contribution < -0.4 is 0 Å². The summed E-state index contributed by atoms with van der Waals surface area (Å²) in [5.74, 6) is -0.459. The summed E-state index contributed by atoms with van der Waals surface area (Å²) in [6.07, 6.45) is 0. The zero-order chi connectivity index (χ0) is 19.8. The summed E-state index contributed by atoms with van der Waals surface area (Å²) in [7, 11) is -0.856. The van der Waals surface area contributed by atoms with E-state index in [9.17, 15) is 13.2 Å². The highest BCUT2D eigenvalue weighted by Crippen LogP contribution is 2.37. The summed E-state index contributed by atoms with van der Waals surface area (Å²) < 4.78 is 33.4. The number of hydrogen-bond acceptors (Lipinski definition) is 5. The molecule has 0 radical (unpaired) electrons. The average Bonchev–Trinajstić information content (AvgIpc) is 2.98. The van der Waals surface area contributed by atoms with Gasteiger partial charge in [0.15, 0.2) is 0 Å². The molecule has 0 saturated heterocycles. The number of thiophene rings is 1. The number of esters is 1. The lowest BCUT2D eigenvalue weighted by atomic mass is 10.1. The molecule has 2 aromatic carbocycles. The van der Waals surface area contributed by atoms with Crippen LogP contribution in [0, 0.1) is 6.92 Å². The SMILES string of the molecule is COC(=O)c1cccc(CN(C)S(=O)(=O)c2sc3ccc(Cl)cc3c2C)c1. The van der Waals surface area contributed by atoms with E-state index in [-0.39, 0.29) is 6.54 Å². The predicted molar refractivity (Wildman–Crippen MR) is 108 cm³/mol. The number of methoxy groups -OCH3 is 1. The van der Waals surface area contributed by atoms with Crippen molar-refractivity contribution in [2.75, 3.05) is 14.2 Å². The molecule has 0 N–H and O–H groups in total. The Hall–Kier alpha value is -1.93. The van der Waals surface area contributed by atoms with Gasteiger partial charge in [-0.3, -0.25) is 0 Å². The lowest BCUT2D eigenvalue weighted by Crippen LogP contribution is -2.26. The molecular formula is C19H18ClNO4S2. The number of rotatable bonds is 5. The molecular weight excluding hydrogens is 406 g/mol. The van der Waals surface area contributed by atoms with Crippen molar-refractivity contribution in [3.05, 3.63) is 64.2 Å². The van der Waals surface area contributed by atoms with Crippen LogP contribution >= 0.6 is 22.9 Å². The normalized spacial score (nSPS) is 11.9. The van der Waals surface area contributed by atoms with Crippen LogP contribution in [0.25, 0.3) is 10.1 Å². The van der Waals surface area contributed by atoms with Gasteiger partial charge in [-0.2, -0.15) is 4.31 Å². The molecule has 0 aliphatic heterocycles. The molecule has 0 atom stereocenters. The highest BCUT2D eigenvalue weighted by Gasteiger charge is 2.26. The van der Waals surface area contributed by atoms with E-state index >= 15 is 0 Å². The van der Waals surface area contributed by atoms with Gasteiger partial charge in [-0.15, -0.1) is 11.3 Å². The van der Waals surface area contributed by atoms with Gasteiger partial charge >= 0.3 is 5.97 Å². The topological polar surface area (TPSA) is 63.7 Å². The van der Waals surface area contributed by atoms with Crippen molar-refractivity contribution in [1.82, 2.24) is 4.31 Å². The maximum Gasteiger partial charge on any atom is 0.337 e. The van der Waals surface area contributed by atoms with Crippen LogP contribution in [0.1, 0.15) is 21.5 Å². The lowest BCUT2D eigenvalue weighted by molar-refractivity contribution is 0.0600. The van der Waals surface area contributed by atoms with E-state index in [1.165, 1.54) is 29.8 Å². The summed E-state index contributed by atoms with van der Waals surface area (Å²) in [4.78, 5) is 11.7. The maximum absolute atomic E-state index is 13.1. The Morgan fingerprint density at radius 1 is 1.22 bits per heavy atom. The summed E-state index contributed by atoms with van der Waals surface area (Å²) in [5.41, 5.74) is 1.77. The summed E-state index contributed by atoms with van der Waals surface area (Å²) in [6.45, 7) is 1.93. The lowest BCUT2D eigenvalue weighted by Gasteiger charge is -2.17. The number of aryl methyl sites for hydroxylation is 1. The summed E-state index contributed by atoms with van der Waals surface area (Å²) in [6, 6.07) is 12.1. The smallest absolute Gasteiger partial charge is 0.337 e. The van der Waals surface area contributed by atoms with Crippen LogP contribution in [0.4, 0.5) is 0 Å². The van der Waals surface area contributed by atoms with Crippen LogP contribution in [0.2, 0.25) is 5.02 Å². The number of nitrogens with zero attached hydrogens (tertiary/aromatic N) is 1. The van der Waals surface area contributed by atoms with E-state index in [0.29, 0.717) is 25.9 Å². The van der Waals surface area contributed by atoms with Crippen LogP contribution in [-0.4, -0.2) is 32.8 Å². The molecule has 8 heteroatoms. The van der Waals surface area contributed by atoms with E-state index in [0.717, 1.165) is 10.1 Å². The Balaban J connectivity index is 1.94. The Kier molecular flexibility index (Phi) is 5.58. The second-order valence-electron chi connectivity index (χ2n) is 6.11. The van der Waals surface area contributed by atoms with Crippen molar-refractivity contribution in [3.63, 3.8) is 0 Å². The van der Waals surface area contributed by atoms with Gasteiger partial charge in [0.05, 0.1) is 12.7 Å². The largest absolute Gasteiger partial charge is 0.465 e. The molecule has 0 saturated carbocycles. The van der Waals surface area contributed by atoms with Crippen molar-refractivity contribution in [2.45, 2.75) is 17.7 Å². The Bertz CT molecular complexity index is 1120. The van der Waals surface area contributed by atoms with Crippen molar-refractivity contribution in [3.8, 4) is 0 Å². The van der Waals surface area contributed by atoms with E-state index in [4.69, 9.17) is 16.3 Å². The van der Waals surface area contributed by atoms with Gasteiger partial charge in [0, 0.05) is 23.3 Å². The third-order valence-corrected chi connectivity index (χ3v) is 8.16. The van der Waals surface area contributed by atoms with Crippen molar-refractivity contribution in [2.24, 2.45) is 0 Å². The van der Waals surface area contributed by atoms with Gasteiger partial charge < -0.3 is 4.74 Å². The Labute approximate surface area is 167 Å². The number of benzene rings is 2. The second kappa shape index (κ2) is 7.59. The number of sulfonamides is 1. The highest BCUT2D eigenvalue weighted by molar-refractivity contribution is 7.91. The molecule has 3 rings (SSSR count). The van der Waals surface area contributed by atoms with Crippen LogP contribution in [-0.2, 0) is 21.3 Å². The number of ether oxygens (including phenoxy) is 1. The maximum atomic E-state index is 13.1. The summed E-state index contributed by atoms with van der Waals surface area (Å²) >= 11 is 7.27. The monoisotopic (exact) mass is 423 g/mol. The first kappa shape index (κ1) is 19.8. The fraction of sp³-hybridized carbons (Fsp3) is 0.211. The van der Waals surface area contributed by atoms with Crippen LogP contribution in [0.3, 0.4) is 0 Å². The quantitative estimate of drug-likeness (QED) is 0.568. The summed E-state index contributed by atoms with van der Waals surface area (Å²) in [5, 5.41) is 1.41. The number of carbonyl (C=O) groups is 1. The first-order chi connectivity index (χ1) is 12.7. The molecule has 3 aromatic rings. The molecule has 0 fully saturated rings. The molecule has 0 aliphatic rings. The van der Waals surface area contributed by atoms with E-state index < -0.39 is 16.0 Å². The van der Waals surface area contributed by atoms with Crippen molar-refractivity contribution >= 4 is 49.0 Å². The molecule has 0 unspecified atom stereocenters. The van der Waals surface area contributed by atoms with Gasteiger partial charge in [0.2, 0.25) is 0 Å². The molecule has 5 nitrogen and oxygen atoms in total. The zero-order valence-corrected chi connectivity index (χ0v) is 17.4. The van der Waals surface area contributed by atoms with E-state index in [1.807, 2.05) is 6.07 Å².